The molecule has 0 aliphatic carbocycles. The number of anilines is 1. The second kappa shape index (κ2) is 7.21. The molecule has 1 aromatic heterocycles. The minimum absolute atomic E-state index is 0.928. The summed E-state index contributed by atoms with van der Waals surface area (Å²) in [7, 11) is 0. The Morgan fingerprint density at radius 3 is 2.74 bits per heavy atom. The fourth-order valence-electron chi connectivity index (χ4n) is 3.74. The van der Waals surface area contributed by atoms with Gasteiger partial charge in [-0.3, -0.25) is 0 Å². The van der Waals surface area contributed by atoms with Gasteiger partial charge in [0.2, 0.25) is 0 Å². The lowest BCUT2D eigenvalue weighted by molar-refractivity contribution is 0.833. The lowest BCUT2D eigenvalue weighted by Gasteiger charge is -2.20. The highest BCUT2D eigenvalue weighted by Crippen LogP contribution is 2.33. The van der Waals surface area contributed by atoms with Crippen LogP contribution in [0.25, 0.3) is 11.6 Å². The molecule has 2 heterocycles. The van der Waals surface area contributed by atoms with E-state index in [4.69, 9.17) is 6.42 Å². The maximum absolute atomic E-state index is 5.88. The normalized spacial score (nSPS) is 13.5. The van der Waals surface area contributed by atoms with Crippen LogP contribution in [-0.2, 0) is 13.0 Å². The Morgan fingerprint density at radius 1 is 1.15 bits per heavy atom. The van der Waals surface area contributed by atoms with Crippen LogP contribution in [0.5, 0.6) is 0 Å². The summed E-state index contributed by atoms with van der Waals surface area (Å²) in [5.41, 5.74) is 9.80. The highest BCUT2D eigenvalue weighted by atomic mass is 15.1. The zero-order valence-electron chi connectivity index (χ0n) is 15.9. The Labute approximate surface area is 161 Å². The number of allylic oxidation sites excluding steroid dienone is 1. The zero-order valence-corrected chi connectivity index (χ0v) is 15.9. The van der Waals surface area contributed by atoms with Gasteiger partial charge in [0.15, 0.2) is 0 Å². The van der Waals surface area contributed by atoms with Crippen molar-refractivity contribution in [3.05, 3.63) is 88.2 Å². The van der Waals surface area contributed by atoms with Crippen LogP contribution in [0.15, 0.2) is 54.9 Å². The van der Waals surface area contributed by atoms with E-state index in [0.717, 1.165) is 30.6 Å². The van der Waals surface area contributed by atoms with Crippen molar-refractivity contribution in [2.45, 2.75) is 26.8 Å². The molecule has 1 aliphatic rings. The lowest BCUT2D eigenvalue weighted by Crippen LogP contribution is -2.19. The summed E-state index contributed by atoms with van der Waals surface area (Å²) in [5.74, 6) is 2.89. The van der Waals surface area contributed by atoms with Crippen molar-refractivity contribution in [3.63, 3.8) is 0 Å². The molecule has 0 atom stereocenters. The van der Waals surface area contributed by atoms with Crippen LogP contribution >= 0.6 is 0 Å². The number of aryl methyl sites for hydroxylation is 2. The van der Waals surface area contributed by atoms with E-state index in [1.54, 1.807) is 0 Å². The maximum atomic E-state index is 5.88. The average Bonchev–Trinajstić information content (AvgIpc) is 3.27. The topological polar surface area (TPSA) is 19.0 Å². The van der Waals surface area contributed by atoms with E-state index >= 15 is 0 Å². The van der Waals surface area contributed by atoms with Gasteiger partial charge >= 0.3 is 0 Å². The van der Waals surface area contributed by atoms with Crippen LogP contribution in [0.2, 0.25) is 0 Å². The van der Waals surface area contributed by atoms with Crippen molar-refractivity contribution < 1.29 is 0 Å². The fraction of sp³-hybridized carbons (Fsp3) is 0.200. The van der Waals surface area contributed by atoms with E-state index in [1.807, 2.05) is 0 Å². The summed E-state index contributed by atoms with van der Waals surface area (Å²) < 4.78 is 0. The summed E-state index contributed by atoms with van der Waals surface area (Å²) in [6, 6.07) is 15.0. The molecule has 3 aromatic rings. The van der Waals surface area contributed by atoms with E-state index < -0.39 is 0 Å². The predicted molar refractivity (Wildman–Crippen MR) is 115 cm³/mol. The molecule has 0 bridgehead atoms. The maximum Gasteiger partial charge on any atom is 0.0447 e. The Kier molecular flexibility index (Phi) is 4.60. The highest BCUT2D eigenvalue weighted by molar-refractivity contribution is 5.92. The van der Waals surface area contributed by atoms with Gasteiger partial charge in [-0.25, -0.2) is 0 Å². The number of terminal acetylenes is 1. The number of benzene rings is 2. The second-order valence-electron chi connectivity index (χ2n) is 7.24. The molecule has 0 saturated carbocycles. The number of aromatic nitrogens is 1. The van der Waals surface area contributed by atoms with Crippen LogP contribution in [0, 0.1) is 26.2 Å². The minimum Gasteiger partial charge on any atom is -0.367 e. The first-order valence-corrected chi connectivity index (χ1v) is 9.40. The van der Waals surface area contributed by atoms with Crippen molar-refractivity contribution in [1.82, 2.24) is 4.98 Å². The number of rotatable bonds is 4. The lowest BCUT2D eigenvalue weighted by atomic mass is 9.99. The first kappa shape index (κ1) is 17.2. The zero-order chi connectivity index (χ0) is 18.8. The third-order valence-electron chi connectivity index (χ3n) is 5.46. The van der Waals surface area contributed by atoms with E-state index in [-0.39, 0.29) is 0 Å². The van der Waals surface area contributed by atoms with Gasteiger partial charge in [-0.05, 0) is 65.8 Å². The van der Waals surface area contributed by atoms with Gasteiger partial charge in [-0.15, -0.1) is 6.42 Å². The molecule has 4 rings (SSSR count). The summed E-state index contributed by atoms with van der Waals surface area (Å²) >= 11 is 0. The number of hydrogen-bond donors (Lipinski definition) is 1. The van der Waals surface area contributed by atoms with E-state index in [9.17, 15) is 0 Å². The second-order valence-corrected chi connectivity index (χ2v) is 7.24. The van der Waals surface area contributed by atoms with Crippen molar-refractivity contribution in [1.29, 1.82) is 0 Å². The largest absolute Gasteiger partial charge is 0.367 e. The molecule has 134 valence electrons. The first-order valence-electron chi connectivity index (χ1n) is 9.40. The van der Waals surface area contributed by atoms with Gasteiger partial charge in [0.05, 0.1) is 0 Å². The highest BCUT2D eigenvalue weighted by Gasteiger charge is 2.20. The third kappa shape index (κ3) is 3.41. The average molecular weight is 352 g/mol. The minimum atomic E-state index is 0.928. The van der Waals surface area contributed by atoms with Crippen molar-refractivity contribution in [3.8, 4) is 12.3 Å². The predicted octanol–water partition coefficient (Wildman–Crippen LogP) is 5.37. The van der Waals surface area contributed by atoms with Gasteiger partial charge in [0.1, 0.15) is 0 Å². The van der Waals surface area contributed by atoms with Crippen molar-refractivity contribution in [2.24, 2.45) is 0 Å². The molecule has 2 aromatic carbocycles. The van der Waals surface area contributed by atoms with E-state index in [0.29, 0.717) is 0 Å². The van der Waals surface area contributed by atoms with Gasteiger partial charge < -0.3 is 9.88 Å². The van der Waals surface area contributed by atoms with Crippen LogP contribution in [0.1, 0.15) is 33.4 Å². The number of fused-ring (bicyclic) bond motifs is 1. The molecule has 1 aliphatic heterocycles. The Hall–Kier alpha value is -3.18. The number of hydrogen-bond acceptors (Lipinski definition) is 1. The molecule has 27 heavy (non-hydrogen) atoms. The summed E-state index contributed by atoms with van der Waals surface area (Å²) in [4.78, 5) is 5.66. The monoisotopic (exact) mass is 352 g/mol. The molecule has 2 heteroatoms. The number of nitrogens with zero attached hydrogens (tertiary/aromatic N) is 1. The van der Waals surface area contributed by atoms with Crippen LogP contribution < -0.4 is 4.90 Å². The SMILES string of the molecule is C#C/C(=C\c1ccccc1C)c1ccc2c(c1)N(Cc1c[nH]cc1C)CC2. The quantitative estimate of drug-likeness (QED) is 0.494. The van der Waals surface area contributed by atoms with Crippen LogP contribution in [0.3, 0.4) is 0 Å². The molecule has 1 N–H and O–H groups in total. The van der Waals surface area contributed by atoms with Gasteiger partial charge in [0.25, 0.3) is 0 Å². The fourth-order valence-corrected chi connectivity index (χ4v) is 3.74. The molecule has 2 nitrogen and oxygen atoms in total. The Bertz CT molecular complexity index is 1050. The third-order valence-corrected chi connectivity index (χ3v) is 5.46. The molecule has 0 radical (unpaired) electrons. The van der Waals surface area contributed by atoms with Gasteiger partial charge in [-0.1, -0.05) is 42.3 Å². The van der Waals surface area contributed by atoms with Gasteiger partial charge in [0, 0.05) is 36.7 Å². The van der Waals surface area contributed by atoms with Crippen LogP contribution in [0.4, 0.5) is 5.69 Å². The van der Waals surface area contributed by atoms with Crippen LogP contribution in [-0.4, -0.2) is 11.5 Å². The summed E-state index contributed by atoms with van der Waals surface area (Å²) in [6.45, 7) is 6.25. The van der Waals surface area contributed by atoms with E-state index in [2.05, 4.69) is 90.6 Å². The molecule has 0 amide bonds. The van der Waals surface area contributed by atoms with Crippen molar-refractivity contribution >= 4 is 17.3 Å². The number of aromatic amines is 1. The summed E-state index contributed by atoms with van der Waals surface area (Å²) in [6.07, 6.45) is 13.2. The molecule has 0 unspecified atom stereocenters. The number of H-pyrrole nitrogens is 1. The van der Waals surface area contributed by atoms with E-state index in [1.165, 1.54) is 33.5 Å². The molecular formula is C25H24N2. The molecule has 0 fully saturated rings. The van der Waals surface area contributed by atoms with Gasteiger partial charge in [-0.2, -0.15) is 0 Å². The smallest absolute Gasteiger partial charge is 0.0447 e. The Balaban J connectivity index is 1.68. The Morgan fingerprint density at radius 2 is 2.00 bits per heavy atom. The first-order chi connectivity index (χ1) is 13.2. The molecule has 0 saturated heterocycles. The number of nitrogens with one attached hydrogen (secondary N) is 1. The molecular weight excluding hydrogens is 328 g/mol. The molecule has 0 spiro atoms. The standard InChI is InChI=1S/C25H24N2/c1-4-20(13-22-8-6-5-7-18(22)2)23-10-9-21-11-12-27(25(21)14-23)17-24-16-26-15-19(24)3/h1,5-10,13-16,26H,11-12,17H2,2-3H3/b20-13+. The summed E-state index contributed by atoms with van der Waals surface area (Å²) in [5, 5.41) is 0. The van der Waals surface area contributed by atoms with Crippen molar-refractivity contribution in [2.75, 3.05) is 11.4 Å².